The molecule has 0 saturated heterocycles. The van der Waals surface area contributed by atoms with E-state index in [1.165, 1.54) is 5.56 Å². The Morgan fingerprint density at radius 2 is 1.89 bits per heavy atom. The van der Waals surface area contributed by atoms with Crippen LogP contribution in [-0.2, 0) is 4.79 Å². The molecule has 0 heterocycles. The van der Waals surface area contributed by atoms with Gasteiger partial charge in [-0.25, -0.2) is 0 Å². The lowest BCUT2D eigenvalue weighted by atomic mass is 10.0. The number of carboxylic acids is 1. The van der Waals surface area contributed by atoms with Gasteiger partial charge in [0.1, 0.15) is 0 Å². The number of nitrogens with zero attached hydrogens (tertiary/aromatic N) is 1. The lowest BCUT2D eigenvalue weighted by molar-refractivity contribution is -0.140. The molecule has 0 saturated carbocycles. The van der Waals surface area contributed by atoms with Crippen molar-refractivity contribution < 1.29 is 9.90 Å². The lowest BCUT2D eigenvalue weighted by Crippen LogP contribution is -2.32. The molecule has 3 nitrogen and oxygen atoms in total. The van der Waals surface area contributed by atoms with Crippen molar-refractivity contribution in [1.29, 1.82) is 0 Å². The SMILES string of the molecule is C#CCN(CC(C)C(=O)O)c1ccc(C(C)C)cc1. The maximum absolute atomic E-state index is 10.9. The monoisotopic (exact) mass is 259 g/mol. The number of aliphatic carboxylic acids is 1. The van der Waals surface area contributed by atoms with Crippen LogP contribution in [0.25, 0.3) is 0 Å². The number of benzene rings is 1. The van der Waals surface area contributed by atoms with Gasteiger partial charge in [0, 0.05) is 12.2 Å². The van der Waals surface area contributed by atoms with Crippen LogP contribution in [0.1, 0.15) is 32.3 Å². The van der Waals surface area contributed by atoms with E-state index in [4.69, 9.17) is 11.5 Å². The number of hydrogen-bond acceptors (Lipinski definition) is 2. The van der Waals surface area contributed by atoms with Gasteiger partial charge in [0.15, 0.2) is 0 Å². The third-order valence-corrected chi connectivity index (χ3v) is 3.12. The quantitative estimate of drug-likeness (QED) is 0.798. The van der Waals surface area contributed by atoms with E-state index >= 15 is 0 Å². The zero-order valence-electron chi connectivity index (χ0n) is 11.8. The standard InChI is InChI=1S/C16H21NO2/c1-5-10-17(11-13(4)16(18)19)15-8-6-14(7-9-15)12(2)3/h1,6-9,12-13H,10-11H2,2-4H3,(H,18,19). The number of terminal acetylenes is 1. The summed E-state index contributed by atoms with van der Waals surface area (Å²) in [7, 11) is 0. The van der Waals surface area contributed by atoms with Gasteiger partial charge in [-0.3, -0.25) is 4.79 Å². The predicted molar refractivity (Wildman–Crippen MR) is 78.4 cm³/mol. The molecule has 19 heavy (non-hydrogen) atoms. The summed E-state index contributed by atoms with van der Waals surface area (Å²) in [5.74, 6) is 1.81. The summed E-state index contributed by atoms with van der Waals surface area (Å²) in [5, 5.41) is 8.98. The molecule has 0 aliphatic heterocycles. The summed E-state index contributed by atoms with van der Waals surface area (Å²) in [4.78, 5) is 12.9. The Bertz CT molecular complexity index is 457. The van der Waals surface area contributed by atoms with E-state index in [1.54, 1.807) is 6.92 Å². The number of hydrogen-bond donors (Lipinski definition) is 1. The minimum Gasteiger partial charge on any atom is -0.481 e. The molecule has 1 rings (SSSR count). The molecule has 1 aromatic rings. The largest absolute Gasteiger partial charge is 0.481 e. The second kappa shape index (κ2) is 6.84. The molecule has 0 aliphatic rings. The minimum atomic E-state index is -0.805. The summed E-state index contributed by atoms with van der Waals surface area (Å²) >= 11 is 0. The van der Waals surface area contributed by atoms with Gasteiger partial charge in [0.2, 0.25) is 0 Å². The van der Waals surface area contributed by atoms with Crippen molar-refractivity contribution in [1.82, 2.24) is 0 Å². The molecule has 0 amide bonds. The molecule has 1 aromatic carbocycles. The molecule has 1 N–H and O–H groups in total. The van der Waals surface area contributed by atoms with Crippen LogP contribution >= 0.6 is 0 Å². The first-order chi connectivity index (χ1) is 8.95. The number of carboxylic acid groups (broad SMARTS) is 1. The maximum Gasteiger partial charge on any atom is 0.308 e. The van der Waals surface area contributed by atoms with Gasteiger partial charge in [0.05, 0.1) is 12.5 Å². The third-order valence-electron chi connectivity index (χ3n) is 3.12. The van der Waals surface area contributed by atoms with Crippen molar-refractivity contribution >= 4 is 11.7 Å². The summed E-state index contributed by atoms with van der Waals surface area (Å²) in [6.07, 6.45) is 5.36. The van der Waals surface area contributed by atoms with Crippen LogP contribution in [-0.4, -0.2) is 24.2 Å². The first kappa shape index (κ1) is 15.1. The van der Waals surface area contributed by atoms with Crippen molar-refractivity contribution in [3.63, 3.8) is 0 Å². The molecule has 1 atom stereocenters. The highest BCUT2D eigenvalue weighted by molar-refractivity contribution is 5.70. The normalized spacial score (nSPS) is 11.9. The van der Waals surface area contributed by atoms with Crippen molar-refractivity contribution in [3.05, 3.63) is 29.8 Å². The minimum absolute atomic E-state index is 0.415. The van der Waals surface area contributed by atoms with Crippen LogP contribution in [0, 0.1) is 18.3 Å². The van der Waals surface area contributed by atoms with Gasteiger partial charge in [-0.1, -0.05) is 38.8 Å². The van der Waals surface area contributed by atoms with Crippen LogP contribution < -0.4 is 4.90 Å². The fourth-order valence-electron chi connectivity index (χ4n) is 1.85. The van der Waals surface area contributed by atoms with Crippen molar-refractivity contribution in [2.75, 3.05) is 18.0 Å². The Hall–Kier alpha value is -1.95. The van der Waals surface area contributed by atoms with E-state index in [0.29, 0.717) is 19.0 Å². The fraction of sp³-hybridized carbons (Fsp3) is 0.438. The van der Waals surface area contributed by atoms with Gasteiger partial charge < -0.3 is 10.0 Å². The van der Waals surface area contributed by atoms with E-state index in [1.807, 2.05) is 17.0 Å². The second-order valence-corrected chi connectivity index (χ2v) is 5.07. The molecular formula is C16H21NO2. The number of carbonyl (C=O) groups is 1. The summed E-state index contributed by atoms with van der Waals surface area (Å²) in [5.41, 5.74) is 2.23. The smallest absolute Gasteiger partial charge is 0.308 e. The Labute approximate surface area is 115 Å². The molecule has 0 bridgehead atoms. The molecule has 1 unspecified atom stereocenters. The Kier molecular flexibility index (Phi) is 5.44. The van der Waals surface area contributed by atoms with Crippen LogP contribution in [0.4, 0.5) is 5.69 Å². The highest BCUT2D eigenvalue weighted by atomic mass is 16.4. The number of rotatable bonds is 6. The molecule has 0 aliphatic carbocycles. The molecule has 3 heteroatoms. The van der Waals surface area contributed by atoms with Gasteiger partial charge in [0.25, 0.3) is 0 Å². The Morgan fingerprint density at radius 1 is 1.32 bits per heavy atom. The molecule has 0 spiro atoms. The Morgan fingerprint density at radius 3 is 2.32 bits per heavy atom. The average Bonchev–Trinajstić information content (AvgIpc) is 2.38. The summed E-state index contributed by atoms with van der Waals surface area (Å²) < 4.78 is 0. The molecular weight excluding hydrogens is 238 g/mol. The fourth-order valence-corrected chi connectivity index (χ4v) is 1.85. The topological polar surface area (TPSA) is 40.5 Å². The number of anilines is 1. The first-order valence-corrected chi connectivity index (χ1v) is 6.47. The van der Waals surface area contributed by atoms with Crippen LogP contribution in [0.3, 0.4) is 0 Å². The van der Waals surface area contributed by atoms with Crippen molar-refractivity contribution in [2.45, 2.75) is 26.7 Å². The highest BCUT2D eigenvalue weighted by Crippen LogP contribution is 2.20. The van der Waals surface area contributed by atoms with Crippen LogP contribution in [0.2, 0.25) is 0 Å². The van der Waals surface area contributed by atoms with E-state index in [9.17, 15) is 4.79 Å². The van der Waals surface area contributed by atoms with E-state index < -0.39 is 11.9 Å². The van der Waals surface area contributed by atoms with Gasteiger partial charge in [-0.2, -0.15) is 0 Å². The zero-order valence-corrected chi connectivity index (χ0v) is 11.8. The maximum atomic E-state index is 10.9. The van der Waals surface area contributed by atoms with Crippen LogP contribution in [0.15, 0.2) is 24.3 Å². The first-order valence-electron chi connectivity index (χ1n) is 6.47. The molecule has 102 valence electrons. The van der Waals surface area contributed by atoms with Crippen LogP contribution in [0.5, 0.6) is 0 Å². The predicted octanol–water partition coefficient (Wildman–Crippen LogP) is 2.97. The summed E-state index contributed by atoms with van der Waals surface area (Å²) in [6, 6.07) is 8.13. The van der Waals surface area contributed by atoms with Crippen molar-refractivity contribution in [2.24, 2.45) is 5.92 Å². The van der Waals surface area contributed by atoms with E-state index in [-0.39, 0.29) is 0 Å². The van der Waals surface area contributed by atoms with Crippen molar-refractivity contribution in [3.8, 4) is 12.3 Å². The Balaban J connectivity index is 2.87. The van der Waals surface area contributed by atoms with E-state index in [2.05, 4.69) is 31.9 Å². The van der Waals surface area contributed by atoms with Gasteiger partial charge in [-0.05, 0) is 23.6 Å². The summed E-state index contributed by atoms with van der Waals surface area (Å²) in [6.45, 7) is 6.80. The lowest BCUT2D eigenvalue weighted by Gasteiger charge is -2.24. The average molecular weight is 259 g/mol. The van der Waals surface area contributed by atoms with Gasteiger partial charge in [-0.15, -0.1) is 6.42 Å². The second-order valence-electron chi connectivity index (χ2n) is 5.07. The van der Waals surface area contributed by atoms with E-state index in [0.717, 1.165) is 5.69 Å². The molecule has 0 radical (unpaired) electrons. The highest BCUT2D eigenvalue weighted by Gasteiger charge is 2.16. The molecule has 0 fully saturated rings. The van der Waals surface area contributed by atoms with Gasteiger partial charge >= 0.3 is 5.97 Å². The zero-order chi connectivity index (χ0) is 14.4. The third kappa shape index (κ3) is 4.33. The molecule has 0 aromatic heterocycles.